The van der Waals surface area contributed by atoms with Crippen molar-refractivity contribution in [3.63, 3.8) is 0 Å². The molecular formula is C13H12BrFN2O3S. The molecule has 1 heterocycles. The summed E-state index contributed by atoms with van der Waals surface area (Å²) in [6, 6.07) is 7.59. The normalized spacial score (nSPS) is 11.4. The van der Waals surface area contributed by atoms with Crippen molar-refractivity contribution in [3.8, 4) is 5.75 Å². The van der Waals surface area contributed by atoms with Gasteiger partial charge in [0.2, 0.25) is 10.0 Å². The Bertz CT molecular complexity index is 739. The average Bonchev–Trinajstić information content (AvgIpc) is 2.42. The number of sulfonamides is 1. The molecule has 0 spiro atoms. The maximum Gasteiger partial charge on any atom is 0.241 e. The number of pyridine rings is 1. The molecule has 0 aliphatic rings. The number of primary sulfonamides is 1. The monoisotopic (exact) mass is 374 g/mol. The minimum Gasteiger partial charge on any atom is -0.492 e. The molecule has 0 amide bonds. The summed E-state index contributed by atoms with van der Waals surface area (Å²) in [4.78, 5) is 3.56. The van der Waals surface area contributed by atoms with E-state index in [1.54, 1.807) is 6.20 Å². The van der Waals surface area contributed by atoms with Crippen LogP contribution in [-0.2, 0) is 16.4 Å². The van der Waals surface area contributed by atoms with E-state index in [0.29, 0.717) is 10.9 Å². The minimum atomic E-state index is -4.11. The zero-order valence-electron chi connectivity index (χ0n) is 10.8. The van der Waals surface area contributed by atoms with E-state index in [2.05, 4.69) is 20.9 Å². The Morgan fingerprint density at radius 1 is 1.33 bits per heavy atom. The smallest absolute Gasteiger partial charge is 0.241 e. The zero-order valence-corrected chi connectivity index (χ0v) is 13.2. The number of rotatable bonds is 5. The summed E-state index contributed by atoms with van der Waals surface area (Å²) in [6.07, 6.45) is 2.22. The summed E-state index contributed by atoms with van der Waals surface area (Å²) in [7, 11) is -4.11. The summed E-state index contributed by atoms with van der Waals surface area (Å²) in [5.74, 6) is -0.746. The first-order valence-electron chi connectivity index (χ1n) is 5.92. The molecule has 1 aromatic carbocycles. The molecule has 0 aliphatic heterocycles. The van der Waals surface area contributed by atoms with Crippen LogP contribution in [0.25, 0.3) is 0 Å². The van der Waals surface area contributed by atoms with E-state index < -0.39 is 20.7 Å². The van der Waals surface area contributed by atoms with Gasteiger partial charge in [0, 0.05) is 24.4 Å². The highest BCUT2D eigenvalue weighted by molar-refractivity contribution is 9.10. The fourth-order valence-electron chi connectivity index (χ4n) is 1.65. The third kappa shape index (κ3) is 4.23. The lowest BCUT2D eigenvalue weighted by Gasteiger charge is -2.10. The average molecular weight is 375 g/mol. The maximum absolute atomic E-state index is 13.7. The van der Waals surface area contributed by atoms with Gasteiger partial charge in [-0.25, -0.2) is 17.9 Å². The van der Waals surface area contributed by atoms with E-state index in [1.807, 2.05) is 18.2 Å². The van der Waals surface area contributed by atoms with Crippen LogP contribution in [0.15, 0.2) is 45.9 Å². The lowest BCUT2D eigenvalue weighted by Crippen LogP contribution is -2.14. The highest BCUT2D eigenvalue weighted by Crippen LogP contribution is 2.29. The topological polar surface area (TPSA) is 82.3 Å². The first-order valence-corrected chi connectivity index (χ1v) is 8.26. The molecular weight excluding hydrogens is 363 g/mol. The Morgan fingerprint density at radius 3 is 2.71 bits per heavy atom. The molecule has 2 N–H and O–H groups in total. The van der Waals surface area contributed by atoms with Gasteiger partial charge < -0.3 is 4.74 Å². The van der Waals surface area contributed by atoms with Crippen LogP contribution in [0.1, 0.15) is 5.69 Å². The van der Waals surface area contributed by atoms with Gasteiger partial charge in [-0.15, -0.1) is 0 Å². The molecule has 8 heteroatoms. The second-order valence-electron chi connectivity index (χ2n) is 4.18. The van der Waals surface area contributed by atoms with Gasteiger partial charge in [-0.3, -0.25) is 4.98 Å². The third-order valence-electron chi connectivity index (χ3n) is 2.63. The Balaban J connectivity index is 2.09. The largest absolute Gasteiger partial charge is 0.492 e. The second-order valence-corrected chi connectivity index (χ2v) is 6.56. The second kappa shape index (κ2) is 6.50. The maximum atomic E-state index is 13.7. The number of ether oxygens (including phenoxy) is 1. The van der Waals surface area contributed by atoms with Gasteiger partial charge >= 0.3 is 0 Å². The predicted octanol–water partition coefficient (Wildman–Crippen LogP) is 2.25. The first-order chi connectivity index (χ1) is 9.88. The van der Waals surface area contributed by atoms with Crippen LogP contribution in [0.3, 0.4) is 0 Å². The van der Waals surface area contributed by atoms with Crippen LogP contribution >= 0.6 is 15.9 Å². The highest BCUT2D eigenvalue weighted by Gasteiger charge is 2.17. The predicted molar refractivity (Wildman–Crippen MR) is 78.9 cm³/mol. The van der Waals surface area contributed by atoms with Crippen molar-refractivity contribution in [3.05, 3.63) is 52.5 Å². The number of nitrogens with zero attached hydrogens (tertiary/aromatic N) is 1. The lowest BCUT2D eigenvalue weighted by atomic mass is 10.3. The van der Waals surface area contributed by atoms with Crippen LogP contribution in [-0.4, -0.2) is 20.0 Å². The molecule has 1 aromatic heterocycles. The quantitative estimate of drug-likeness (QED) is 0.869. The number of benzene rings is 1. The number of aromatic nitrogens is 1. The van der Waals surface area contributed by atoms with Gasteiger partial charge in [0.15, 0.2) is 0 Å². The van der Waals surface area contributed by atoms with E-state index in [0.717, 1.165) is 17.8 Å². The molecule has 21 heavy (non-hydrogen) atoms. The Morgan fingerprint density at radius 2 is 2.10 bits per heavy atom. The van der Waals surface area contributed by atoms with Crippen molar-refractivity contribution in [1.29, 1.82) is 0 Å². The summed E-state index contributed by atoms with van der Waals surface area (Å²) in [6.45, 7) is 0.282. The van der Waals surface area contributed by atoms with Crippen molar-refractivity contribution in [1.82, 2.24) is 4.98 Å². The van der Waals surface area contributed by atoms with Crippen LogP contribution < -0.4 is 9.88 Å². The fourth-order valence-corrected chi connectivity index (χ4v) is 2.87. The van der Waals surface area contributed by atoms with Crippen molar-refractivity contribution < 1.29 is 17.5 Å². The molecule has 0 bridgehead atoms. The molecule has 112 valence electrons. The molecule has 5 nitrogen and oxygen atoms in total. The summed E-state index contributed by atoms with van der Waals surface area (Å²) in [5, 5.41) is 4.91. The molecule has 0 unspecified atom stereocenters. The molecule has 0 saturated heterocycles. The minimum absolute atomic E-state index is 0.204. The van der Waals surface area contributed by atoms with Gasteiger partial charge in [0.25, 0.3) is 0 Å². The van der Waals surface area contributed by atoms with E-state index in [1.165, 1.54) is 0 Å². The number of hydrogen-bond acceptors (Lipinski definition) is 4. The Kier molecular flexibility index (Phi) is 4.92. The van der Waals surface area contributed by atoms with E-state index in [4.69, 9.17) is 9.88 Å². The van der Waals surface area contributed by atoms with Crippen LogP contribution in [0.5, 0.6) is 5.75 Å². The summed E-state index contributed by atoms with van der Waals surface area (Å²) in [5.41, 5.74) is 0.843. The molecule has 0 radical (unpaired) electrons. The molecule has 0 atom stereocenters. The Hall–Kier alpha value is -1.51. The van der Waals surface area contributed by atoms with Gasteiger partial charge in [0.1, 0.15) is 16.5 Å². The Labute approximate surface area is 130 Å². The van der Waals surface area contributed by atoms with Crippen molar-refractivity contribution >= 4 is 26.0 Å². The van der Waals surface area contributed by atoms with Crippen LogP contribution in [0.4, 0.5) is 4.39 Å². The molecule has 2 aromatic rings. The van der Waals surface area contributed by atoms with Crippen LogP contribution in [0, 0.1) is 5.82 Å². The van der Waals surface area contributed by atoms with Crippen molar-refractivity contribution in [2.75, 3.05) is 6.61 Å². The standard InChI is InChI=1S/C13H12BrFN2O3S/c14-10-7-13(21(16,18)19)11(15)8-12(10)20-6-4-9-3-1-2-5-17-9/h1-3,5,7-8H,4,6H2,(H2,16,18,19). The highest BCUT2D eigenvalue weighted by atomic mass is 79.9. The first kappa shape index (κ1) is 15.9. The van der Waals surface area contributed by atoms with Crippen LogP contribution in [0.2, 0.25) is 0 Å². The van der Waals surface area contributed by atoms with Gasteiger partial charge in [-0.05, 0) is 34.1 Å². The lowest BCUT2D eigenvalue weighted by molar-refractivity contribution is 0.316. The van der Waals surface area contributed by atoms with E-state index in [9.17, 15) is 12.8 Å². The fraction of sp³-hybridized carbons (Fsp3) is 0.154. The zero-order chi connectivity index (χ0) is 15.5. The van der Waals surface area contributed by atoms with Crippen molar-refractivity contribution in [2.24, 2.45) is 5.14 Å². The number of nitrogens with two attached hydrogens (primary N) is 1. The van der Waals surface area contributed by atoms with Gasteiger partial charge in [-0.2, -0.15) is 0 Å². The van der Waals surface area contributed by atoms with Gasteiger partial charge in [0.05, 0.1) is 11.1 Å². The van der Waals surface area contributed by atoms with Gasteiger partial charge in [-0.1, -0.05) is 6.07 Å². The molecule has 0 fully saturated rings. The van der Waals surface area contributed by atoms with E-state index >= 15 is 0 Å². The number of hydrogen-bond donors (Lipinski definition) is 1. The summed E-state index contributed by atoms with van der Waals surface area (Å²) >= 11 is 3.13. The molecule has 0 aliphatic carbocycles. The third-order valence-corrected chi connectivity index (χ3v) is 4.18. The number of halogens is 2. The molecule has 0 saturated carbocycles. The van der Waals surface area contributed by atoms with E-state index in [-0.39, 0.29) is 12.4 Å². The SMILES string of the molecule is NS(=O)(=O)c1cc(Br)c(OCCc2ccccn2)cc1F. The van der Waals surface area contributed by atoms with Crippen molar-refractivity contribution in [2.45, 2.75) is 11.3 Å². The summed E-state index contributed by atoms with van der Waals surface area (Å²) < 4.78 is 41.8. The molecule has 2 rings (SSSR count).